The molecule has 1 atom stereocenters. The van der Waals surface area contributed by atoms with Crippen LogP contribution in [0.25, 0.3) is 22.4 Å². The van der Waals surface area contributed by atoms with Crippen molar-refractivity contribution in [2.45, 2.75) is 43.3 Å². The molecular weight excluding hydrogens is 465 g/mol. The fourth-order valence-corrected chi connectivity index (χ4v) is 5.08. The van der Waals surface area contributed by atoms with E-state index in [1.165, 1.54) is 30.0 Å². The van der Waals surface area contributed by atoms with E-state index in [1.807, 2.05) is 17.6 Å². The summed E-state index contributed by atoms with van der Waals surface area (Å²) in [4.78, 5) is 12.1. The van der Waals surface area contributed by atoms with Crippen LogP contribution in [-0.2, 0) is 17.0 Å². The molecule has 3 heterocycles. The maximum Gasteiger partial charge on any atom is 0.336 e. The molecule has 2 aromatic heterocycles. The molecule has 2 aromatic carbocycles. The number of halogens is 2. The van der Waals surface area contributed by atoms with Crippen LogP contribution in [-0.4, -0.2) is 27.5 Å². The highest BCUT2D eigenvalue weighted by Crippen LogP contribution is 2.31. The van der Waals surface area contributed by atoms with Crippen LogP contribution < -0.4 is 5.63 Å². The molecule has 1 aliphatic heterocycles. The van der Waals surface area contributed by atoms with Gasteiger partial charge in [0.2, 0.25) is 0 Å². The molecule has 1 aliphatic rings. The van der Waals surface area contributed by atoms with Gasteiger partial charge in [-0.05, 0) is 67.3 Å². The average Bonchev–Trinajstić information content (AvgIpc) is 3.44. The van der Waals surface area contributed by atoms with Gasteiger partial charge in [0.05, 0.1) is 12.6 Å². The first-order valence-electron chi connectivity index (χ1n) is 10.6. The minimum absolute atomic E-state index is 0.0749. The zero-order chi connectivity index (χ0) is 22.9. The van der Waals surface area contributed by atoms with Crippen molar-refractivity contribution >= 4 is 34.3 Å². The summed E-state index contributed by atoms with van der Waals surface area (Å²) in [5.74, 6) is 0.834. The van der Waals surface area contributed by atoms with E-state index in [0.717, 1.165) is 41.5 Å². The third-order valence-electron chi connectivity index (χ3n) is 5.70. The van der Waals surface area contributed by atoms with Crippen LogP contribution in [0.1, 0.15) is 24.0 Å². The predicted octanol–water partition coefficient (Wildman–Crippen LogP) is 5.62. The van der Waals surface area contributed by atoms with Gasteiger partial charge >= 0.3 is 5.63 Å². The second-order valence-corrected chi connectivity index (χ2v) is 9.39. The monoisotopic (exact) mass is 485 g/mol. The largest absolute Gasteiger partial charge is 0.423 e. The Bertz CT molecular complexity index is 1360. The van der Waals surface area contributed by atoms with Crippen LogP contribution in [0.3, 0.4) is 0 Å². The lowest BCUT2D eigenvalue weighted by Gasteiger charge is -2.15. The number of fused-ring (bicyclic) bond motifs is 1. The van der Waals surface area contributed by atoms with Gasteiger partial charge < -0.3 is 9.15 Å². The molecule has 0 spiro atoms. The van der Waals surface area contributed by atoms with Crippen molar-refractivity contribution in [1.82, 2.24) is 14.8 Å². The lowest BCUT2D eigenvalue weighted by molar-refractivity contribution is 0.0953. The molecule has 6 nitrogen and oxygen atoms in total. The lowest BCUT2D eigenvalue weighted by Crippen LogP contribution is -2.16. The van der Waals surface area contributed by atoms with E-state index in [9.17, 15) is 9.18 Å². The minimum Gasteiger partial charge on any atom is -0.423 e. The quantitative estimate of drug-likeness (QED) is 0.260. The Morgan fingerprint density at radius 1 is 1.21 bits per heavy atom. The first-order valence-corrected chi connectivity index (χ1v) is 12.0. The van der Waals surface area contributed by atoms with Gasteiger partial charge in [0.25, 0.3) is 0 Å². The van der Waals surface area contributed by atoms with Gasteiger partial charge in [-0.2, -0.15) is 0 Å². The lowest BCUT2D eigenvalue weighted by atomic mass is 10.1. The number of hydrogen-bond donors (Lipinski definition) is 0. The van der Waals surface area contributed by atoms with Crippen molar-refractivity contribution in [3.8, 4) is 11.4 Å². The fourth-order valence-electron chi connectivity index (χ4n) is 3.97. The van der Waals surface area contributed by atoms with E-state index in [0.29, 0.717) is 33.9 Å². The van der Waals surface area contributed by atoms with Crippen molar-refractivity contribution in [3.05, 3.63) is 74.9 Å². The molecule has 0 N–H and O–H groups in total. The zero-order valence-electron chi connectivity index (χ0n) is 17.9. The van der Waals surface area contributed by atoms with E-state index in [4.69, 9.17) is 20.8 Å². The smallest absolute Gasteiger partial charge is 0.336 e. The van der Waals surface area contributed by atoms with Crippen molar-refractivity contribution in [3.63, 3.8) is 0 Å². The average molecular weight is 486 g/mol. The van der Waals surface area contributed by atoms with Gasteiger partial charge in [-0.25, -0.2) is 9.18 Å². The van der Waals surface area contributed by atoms with E-state index >= 15 is 0 Å². The number of thioether (sulfide) groups is 1. The second-order valence-electron chi connectivity index (χ2n) is 8.04. The molecule has 0 radical (unpaired) electrons. The fraction of sp³-hybridized carbons (Fsp3) is 0.292. The molecule has 0 saturated carbocycles. The summed E-state index contributed by atoms with van der Waals surface area (Å²) >= 11 is 7.80. The maximum absolute atomic E-state index is 13.4. The summed E-state index contributed by atoms with van der Waals surface area (Å²) < 4.78 is 26.7. The third kappa shape index (κ3) is 4.69. The van der Waals surface area contributed by atoms with Gasteiger partial charge in [0.15, 0.2) is 11.0 Å². The van der Waals surface area contributed by atoms with Gasteiger partial charge in [-0.15, -0.1) is 10.2 Å². The van der Waals surface area contributed by atoms with Crippen molar-refractivity contribution in [1.29, 1.82) is 0 Å². The van der Waals surface area contributed by atoms with Crippen molar-refractivity contribution in [2.75, 3.05) is 6.61 Å². The third-order valence-corrected chi connectivity index (χ3v) is 7.12. The standard InChI is InChI=1S/C24H21ClFN3O3S/c1-14-9-21-19(11-20(14)25)16(10-22(30)32-21)13-33-24-28-27-23(15-4-6-17(26)7-5-15)29(24)12-18-3-2-8-31-18/h4-7,9-11,18H,2-3,8,12-13H2,1H3. The van der Waals surface area contributed by atoms with E-state index in [2.05, 4.69) is 10.2 Å². The number of hydrogen-bond acceptors (Lipinski definition) is 6. The second kappa shape index (κ2) is 9.29. The molecule has 5 rings (SSSR count). The molecule has 4 aromatic rings. The number of ether oxygens (including phenoxy) is 1. The van der Waals surface area contributed by atoms with Crippen LogP contribution >= 0.6 is 23.4 Å². The molecule has 170 valence electrons. The minimum atomic E-state index is -0.410. The van der Waals surface area contributed by atoms with E-state index in [-0.39, 0.29) is 11.9 Å². The predicted molar refractivity (Wildman–Crippen MR) is 126 cm³/mol. The van der Waals surface area contributed by atoms with E-state index < -0.39 is 5.63 Å². The van der Waals surface area contributed by atoms with Crippen LogP contribution in [0.4, 0.5) is 4.39 Å². The molecular formula is C24H21ClFN3O3S. The molecule has 0 aliphatic carbocycles. The van der Waals surface area contributed by atoms with E-state index in [1.54, 1.807) is 18.2 Å². The molecule has 1 unspecified atom stereocenters. The highest BCUT2D eigenvalue weighted by atomic mass is 35.5. The van der Waals surface area contributed by atoms with Crippen LogP contribution in [0.5, 0.6) is 0 Å². The molecule has 1 saturated heterocycles. The highest BCUT2D eigenvalue weighted by molar-refractivity contribution is 7.98. The topological polar surface area (TPSA) is 70.2 Å². The molecule has 9 heteroatoms. The Kier molecular flexibility index (Phi) is 6.23. The summed E-state index contributed by atoms with van der Waals surface area (Å²) in [5, 5.41) is 10.9. The summed E-state index contributed by atoms with van der Waals surface area (Å²) in [6, 6.07) is 11.3. The number of benzene rings is 2. The summed E-state index contributed by atoms with van der Waals surface area (Å²) in [7, 11) is 0. The number of aromatic nitrogens is 3. The van der Waals surface area contributed by atoms with Crippen LogP contribution in [0.2, 0.25) is 5.02 Å². The first kappa shape index (κ1) is 22.1. The van der Waals surface area contributed by atoms with Gasteiger partial charge in [-0.3, -0.25) is 4.57 Å². The Morgan fingerprint density at radius 3 is 2.79 bits per heavy atom. The summed E-state index contributed by atoms with van der Waals surface area (Å²) in [6.07, 6.45) is 2.06. The van der Waals surface area contributed by atoms with Crippen LogP contribution in [0.15, 0.2) is 56.8 Å². The molecule has 1 fully saturated rings. The maximum atomic E-state index is 13.4. The number of nitrogens with zero attached hydrogens (tertiary/aromatic N) is 3. The normalized spacial score (nSPS) is 16.0. The first-order chi connectivity index (χ1) is 16.0. The number of rotatable bonds is 6. The summed E-state index contributed by atoms with van der Waals surface area (Å²) in [5.41, 5.74) is 2.53. The Morgan fingerprint density at radius 2 is 2.03 bits per heavy atom. The van der Waals surface area contributed by atoms with Gasteiger partial charge in [0, 0.05) is 34.4 Å². The number of aryl methyl sites for hydroxylation is 1. The zero-order valence-corrected chi connectivity index (χ0v) is 19.5. The molecule has 0 bridgehead atoms. The van der Waals surface area contributed by atoms with Crippen molar-refractivity contribution in [2.24, 2.45) is 0 Å². The molecule has 0 amide bonds. The summed E-state index contributed by atoms with van der Waals surface area (Å²) in [6.45, 7) is 3.21. The Balaban J connectivity index is 1.49. The molecule has 33 heavy (non-hydrogen) atoms. The Labute approximate surface area is 198 Å². The van der Waals surface area contributed by atoms with Gasteiger partial charge in [0.1, 0.15) is 11.4 Å². The van der Waals surface area contributed by atoms with Crippen molar-refractivity contribution < 1.29 is 13.5 Å². The SMILES string of the molecule is Cc1cc2oc(=O)cc(CSc3nnc(-c4ccc(F)cc4)n3CC3CCCO3)c2cc1Cl. The Hall–Kier alpha value is -2.68. The highest BCUT2D eigenvalue weighted by Gasteiger charge is 2.22. The van der Waals surface area contributed by atoms with Crippen LogP contribution in [0, 0.1) is 12.7 Å². The van der Waals surface area contributed by atoms with Gasteiger partial charge in [-0.1, -0.05) is 23.4 Å².